The van der Waals surface area contributed by atoms with Gasteiger partial charge in [-0.25, -0.2) is 0 Å². The van der Waals surface area contributed by atoms with E-state index in [-0.39, 0.29) is 11.8 Å². The average Bonchev–Trinajstić information content (AvgIpc) is 2.54. The number of piperidine rings is 1. The number of hydrogen-bond donors (Lipinski definition) is 0. The molecule has 1 aliphatic rings. The fraction of sp³-hybridized carbons (Fsp3) is 0.500. The Morgan fingerprint density at radius 2 is 2.18 bits per heavy atom. The van der Waals surface area contributed by atoms with Gasteiger partial charge in [0.1, 0.15) is 6.07 Å². The Labute approximate surface area is 132 Å². The first-order valence-corrected chi connectivity index (χ1v) is 7.80. The van der Waals surface area contributed by atoms with Gasteiger partial charge >= 0.3 is 0 Å². The van der Waals surface area contributed by atoms with Gasteiger partial charge in [-0.05, 0) is 38.3 Å². The number of carbonyl (C=O) groups is 1. The van der Waals surface area contributed by atoms with Crippen LogP contribution in [0.3, 0.4) is 0 Å². The number of amides is 1. The van der Waals surface area contributed by atoms with Gasteiger partial charge in [0.25, 0.3) is 0 Å². The monoisotopic (exact) mass is 297 g/mol. The molecule has 0 aliphatic carbocycles. The lowest BCUT2D eigenvalue weighted by molar-refractivity contribution is -0.136. The zero-order valence-electron chi connectivity index (χ0n) is 13.4. The number of nitrogens with zero attached hydrogens (tertiary/aromatic N) is 3. The minimum Gasteiger partial charge on any atom is -0.342 e. The van der Waals surface area contributed by atoms with E-state index in [9.17, 15) is 4.79 Å². The second kappa shape index (κ2) is 7.22. The van der Waals surface area contributed by atoms with Crippen LogP contribution >= 0.6 is 0 Å². The summed E-state index contributed by atoms with van der Waals surface area (Å²) in [5, 5.41) is 8.81. The summed E-state index contributed by atoms with van der Waals surface area (Å²) < 4.78 is 0. The zero-order valence-corrected chi connectivity index (χ0v) is 13.4. The van der Waals surface area contributed by atoms with Crippen LogP contribution in [0.4, 0.5) is 0 Å². The summed E-state index contributed by atoms with van der Waals surface area (Å²) >= 11 is 0. The van der Waals surface area contributed by atoms with Gasteiger partial charge in [-0.1, -0.05) is 12.5 Å². The van der Waals surface area contributed by atoms with Gasteiger partial charge in [-0.3, -0.25) is 9.78 Å². The van der Waals surface area contributed by atoms with Crippen molar-refractivity contribution in [3.63, 3.8) is 0 Å². The van der Waals surface area contributed by atoms with Crippen molar-refractivity contribution in [2.75, 3.05) is 13.1 Å². The number of likely N-dealkylation sites (tertiary alicyclic amines) is 1. The highest BCUT2D eigenvalue weighted by Crippen LogP contribution is 2.27. The molecule has 22 heavy (non-hydrogen) atoms. The molecule has 1 fully saturated rings. The number of nitriles is 1. The van der Waals surface area contributed by atoms with Gasteiger partial charge in [0.2, 0.25) is 5.91 Å². The number of carbonyl (C=O) groups excluding carboxylic acids is 1. The Morgan fingerprint density at radius 1 is 1.50 bits per heavy atom. The maximum atomic E-state index is 12.4. The SMILES string of the molecule is C=C(C)CC(C)C(=O)N1CCC(c2ccc(C#N)cn2)CC1. The standard InChI is InChI=1S/C18H23N3O/c1-13(2)10-14(3)18(22)21-8-6-16(7-9-21)17-5-4-15(11-19)12-20-17/h4-5,12,14,16H,1,6-10H2,2-3H3. The maximum absolute atomic E-state index is 12.4. The second-order valence-electron chi connectivity index (χ2n) is 6.25. The van der Waals surface area contributed by atoms with E-state index in [1.807, 2.05) is 30.9 Å². The smallest absolute Gasteiger partial charge is 0.225 e. The summed E-state index contributed by atoms with van der Waals surface area (Å²) in [5.41, 5.74) is 2.67. The number of allylic oxidation sites excluding steroid dienone is 1. The molecule has 4 nitrogen and oxygen atoms in total. The normalized spacial score (nSPS) is 16.9. The van der Waals surface area contributed by atoms with Gasteiger partial charge in [0.05, 0.1) is 5.56 Å². The molecular weight excluding hydrogens is 274 g/mol. The maximum Gasteiger partial charge on any atom is 0.225 e. The average molecular weight is 297 g/mol. The fourth-order valence-corrected chi connectivity index (χ4v) is 3.03. The Morgan fingerprint density at radius 3 is 2.68 bits per heavy atom. The van der Waals surface area contributed by atoms with E-state index in [0.717, 1.165) is 43.6 Å². The van der Waals surface area contributed by atoms with Crippen LogP contribution in [0.2, 0.25) is 0 Å². The van der Waals surface area contributed by atoms with E-state index in [1.54, 1.807) is 6.20 Å². The molecule has 0 saturated carbocycles. The van der Waals surface area contributed by atoms with Crippen LogP contribution in [0.15, 0.2) is 30.5 Å². The van der Waals surface area contributed by atoms with Crippen LogP contribution in [0.25, 0.3) is 0 Å². The van der Waals surface area contributed by atoms with E-state index in [2.05, 4.69) is 17.6 Å². The van der Waals surface area contributed by atoms with Crippen molar-refractivity contribution in [3.05, 3.63) is 41.7 Å². The number of pyridine rings is 1. The second-order valence-corrected chi connectivity index (χ2v) is 6.25. The molecule has 0 spiro atoms. The van der Waals surface area contributed by atoms with E-state index >= 15 is 0 Å². The molecule has 4 heteroatoms. The molecule has 1 atom stereocenters. The quantitative estimate of drug-likeness (QED) is 0.801. The predicted molar refractivity (Wildman–Crippen MR) is 86.1 cm³/mol. The highest BCUT2D eigenvalue weighted by Gasteiger charge is 2.27. The predicted octanol–water partition coefficient (Wildman–Crippen LogP) is 3.26. The Bertz CT molecular complexity index is 577. The third-order valence-corrected chi connectivity index (χ3v) is 4.22. The highest BCUT2D eigenvalue weighted by molar-refractivity contribution is 5.78. The summed E-state index contributed by atoms with van der Waals surface area (Å²) in [6, 6.07) is 5.83. The van der Waals surface area contributed by atoms with Gasteiger partial charge in [-0.15, -0.1) is 6.58 Å². The summed E-state index contributed by atoms with van der Waals surface area (Å²) in [6.45, 7) is 9.40. The van der Waals surface area contributed by atoms with Crippen molar-refractivity contribution in [1.29, 1.82) is 5.26 Å². The van der Waals surface area contributed by atoms with Gasteiger partial charge < -0.3 is 4.90 Å². The summed E-state index contributed by atoms with van der Waals surface area (Å²) in [7, 11) is 0. The van der Waals surface area contributed by atoms with Crippen LogP contribution in [0, 0.1) is 17.2 Å². The number of hydrogen-bond acceptors (Lipinski definition) is 3. The molecule has 1 aromatic heterocycles. The molecule has 0 bridgehead atoms. The molecule has 2 rings (SSSR count). The third kappa shape index (κ3) is 3.94. The van der Waals surface area contributed by atoms with Crippen molar-refractivity contribution in [2.24, 2.45) is 5.92 Å². The molecule has 1 aliphatic heterocycles. The largest absolute Gasteiger partial charge is 0.342 e. The molecule has 116 valence electrons. The number of aromatic nitrogens is 1. The first-order valence-electron chi connectivity index (χ1n) is 7.80. The fourth-order valence-electron chi connectivity index (χ4n) is 3.03. The summed E-state index contributed by atoms with van der Waals surface area (Å²) in [6.07, 6.45) is 4.26. The Hall–Kier alpha value is -2.15. The lowest BCUT2D eigenvalue weighted by atomic mass is 9.91. The minimum absolute atomic E-state index is 0.0158. The summed E-state index contributed by atoms with van der Waals surface area (Å²) in [4.78, 5) is 18.7. The van der Waals surface area contributed by atoms with Crippen molar-refractivity contribution >= 4 is 5.91 Å². The van der Waals surface area contributed by atoms with Crippen LogP contribution in [0.1, 0.15) is 50.3 Å². The Kier molecular flexibility index (Phi) is 5.32. The lowest BCUT2D eigenvalue weighted by Crippen LogP contribution is -2.40. The molecule has 2 heterocycles. The molecule has 1 aromatic rings. The van der Waals surface area contributed by atoms with Crippen molar-refractivity contribution in [3.8, 4) is 6.07 Å². The zero-order chi connectivity index (χ0) is 16.1. The van der Waals surface area contributed by atoms with E-state index < -0.39 is 0 Å². The van der Waals surface area contributed by atoms with E-state index in [4.69, 9.17) is 5.26 Å². The van der Waals surface area contributed by atoms with Gasteiger partial charge in [0.15, 0.2) is 0 Å². The minimum atomic E-state index is 0.0158. The highest BCUT2D eigenvalue weighted by atomic mass is 16.2. The third-order valence-electron chi connectivity index (χ3n) is 4.22. The van der Waals surface area contributed by atoms with Crippen LogP contribution in [-0.4, -0.2) is 28.9 Å². The van der Waals surface area contributed by atoms with Crippen molar-refractivity contribution < 1.29 is 4.79 Å². The number of rotatable bonds is 4. The van der Waals surface area contributed by atoms with Crippen LogP contribution in [0.5, 0.6) is 0 Å². The first-order chi connectivity index (χ1) is 10.5. The molecule has 1 unspecified atom stereocenters. The van der Waals surface area contributed by atoms with E-state index in [1.165, 1.54) is 0 Å². The van der Waals surface area contributed by atoms with Crippen molar-refractivity contribution in [2.45, 2.75) is 39.0 Å². The molecule has 1 saturated heterocycles. The lowest BCUT2D eigenvalue weighted by Gasteiger charge is -2.33. The molecule has 0 radical (unpaired) electrons. The van der Waals surface area contributed by atoms with E-state index in [0.29, 0.717) is 11.5 Å². The topological polar surface area (TPSA) is 57.0 Å². The van der Waals surface area contributed by atoms with Crippen LogP contribution < -0.4 is 0 Å². The molecular formula is C18H23N3O. The van der Waals surface area contributed by atoms with Gasteiger partial charge in [0, 0.05) is 36.8 Å². The summed E-state index contributed by atoms with van der Waals surface area (Å²) in [5.74, 6) is 0.629. The van der Waals surface area contributed by atoms with Gasteiger partial charge in [-0.2, -0.15) is 5.26 Å². The first kappa shape index (κ1) is 16.2. The Balaban J connectivity index is 1.91. The molecule has 0 N–H and O–H groups in total. The molecule has 1 amide bonds. The molecule has 0 aromatic carbocycles. The van der Waals surface area contributed by atoms with Crippen LogP contribution in [-0.2, 0) is 4.79 Å². The van der Waals surface area contributed by atoms with Crippen molar-refractivity contribution in [1.82, 2.24) is 9.88 Å².